The fourth-order valence-electron chi connectivity index (χ4n) is 4.77. The van der Waals surface area contributed by atoms with Gasteiger partial charge in [0.05, 0.1) is 11.7 Å². The van der Waals surface area contributed by atoms with Crippen molar-refractivity contribution in [3.05, 3.63) is 69.9 Å². The molecule has 9 heteroatoms. The molecule has 3 aromatic heterocycles. The van der Waals surface area contributed by atoms with E-state index in [1.165, 1.54) is 0 Å². The van der Waals surface area contributed by atoms with E-state index in [-0.39, 0.29) is 0 Å². The molecule has 0 saturated heterocycles. The van der Waals surface area contributed by atoms with Gasteiger partial charge in [-0.05, 0) is 43.2 Å². The molecule has 178 valence electrons. The molecular formula is C27H22ClN6O2+. The highest BCUT2D eigenvalue weighted by Gasteiger charge is 2.25. The maximum Gasteiger partial charge on any atom is 0.253 e. The summed E-state index contributed by atoms with van der Waals surface area (Å²) in [5.41, 5.74) is 9.77. The van der Waals surface area contributed by atoms with Crippen LogP contribution in [0.5, 0.6) is 11.5 Å². The number of hydrogen-bond donors (Lipinski definition) is 2. The van der Waals surface area contributed by atoms with Gasteiger partial charge in [-0.25, -0.2) is 4.98 Å². The van der Waals surface area contributed by atoms with Crippen LogP contribution in [0.1, 0.15) is 29.2 Å². The quantitative estimate of drug-likeness (QED) is 0.156. The average molecular weight is 498 g/mol. The predicted octanol–water partition coefficient (Wildman–Crippen LogP) is 5.07. The minimum absolute atomic E-state index is 0.335. The number of halogens is 1. The van der Waals surface area contributed by atoms with Crippen molar-refractivity contribution >= 4 is 51.2 Å². The van der Waals surface area contributed by atoms with E-state index in [4.69, 9.17) is 21.1 Å². The summed E-state index contributed by atoms with van der Waals surface area (Å²) in [5.74, 6) is 2.16. The van der Waals surface area contributed by atoms with Crippen LogP contribution in [0.2, 0.25) is 5.15 Å². The van der Waals surface area contributed by atoms with E-state index in [9.17, 15) is 5.26 Å². The Balaban J connectivity index is 1.44. The lowest BCUT2D eigenvalue weighted by Crippen LogP contribution is -2.28. The minimum Gasteiger partial charge on any atom is -0.486 e. The number of nitrogens with zero attached hydrogens (tertiary/aromatic N) is 4. The molecule has 6 rings (SSSR count). The molecule has 2 N–H and O–H groups in total. The Morgan fingerprint density at radius 1 is 1.22 bits per heavy atom. The van der Waals surface area contributed by atoms with Crippen molar-refractivity contribution in [3.63, 3.8) is 0 Å². The number of para-hydroxylation sites is 2. The number of fused-ring (bicyclic) bond motifs is 5. The van der Waals surface area contributed by atoms with Crippen molar-refractivity contribution in [2.75, 3.05) is 18.6 Å². The van der Waals surface area contributed by atoms with Crippen molar-refractivity contribution in [1.82, 2.24) is 9.97 Å². The smallest absolute Gasteiger partial charge is 0.253 e. The lowest BCUT2D eigenvalue weighted by Gasteiger charge is -2.18. The van der Waals surface area contributed by atoms with Gasteiger partial charge < -0.3 is 9.47 Å². The van der Waals surface area contributed by atoms with Gasteiger partial charge >= 0.3 is 0 Å². The fourth-order valence-corrected chi connectivity index (χ4v) is 4.96. The highest BCUT2D eigenvalue weighted by molar-refractivity contribution is 6.32. The van der Waals surface area contributed by atoms with Crippen LogP contribution in [0.25, 0.3) is 27.6 Å². The molecule has 0 spiro atoms. The Morgan fingerprint density at radius 2 is 2.00 bits per heavy atom. The summed E-state index contributed by atoms with van der Waals surface area (Å²) >= 11 is 6.50. The molecule has 2 aromatic carbocycles. The number of imidazole rings is 1. The van der Waals surface area contributed by atoms with E-state index >= 15 is 0 Å². The number of nitrogens with one attached hydrogen (secondary N) is 2. The fraction of sp³-hybridized carbons (Fsp3) is 0.185. The summed E-state index contributed by atoms with van der Waals surface area (Å²) in [5, 5.41) is 15.6. The van der Waals surface area contributed by atoms with Gasteiger partial charge in [0.2, 0.25) is 5.65 Å². The van der Waals surface area contributed by atoms with Crippen molar-refractivity contribution < 1.29 is 13.9 Å². The van der Waals surface area contributed by atoms with Gasteiger partial charge in [-0.15, -0.1) is 5.10 Å². The van der Waals surface area contributed by atoms with Crippen molar-refractivity contribution in [2.45, 2.75) is 20.3 Å². The van der Waals surface area contributed by atoms with Gasteiger partial charge in [-0.3, -0.25) is 4.98 Å². The Kier molecular flexibility index (Phi) is 5.35. The second-order valence-corrected chi connectivity index (χ2v) is 8.90. The van der Waals surface area contributed by atoms with Crippen LogP contribution in [0, 0.1) is 18.3 Å². The van der Waals surface area contributed by atoms with E-state index in [0.717, 1.165) is 50.9 Å². The van der Waals surface area contributed by atoms with E-state index in [2.05, 4.69) is 33.5 Å². The van der Waals surface area contributed by atoms with Gasteiger partial charge in [-0.2, -0.15) is 15.1 Å². The molecular weight excluding hydrogens is 476 g/mol. The highest BCUT2D eigenvalue weighted by Crippen LogP contribution is 2.35. The highest BCUT2D eigenvalue weighted by atomic mass is 35.5. The molecule has 0 bridgehead atoms. The molecule has 4 heterocycles. The summed E-state index contributed by atoms with van der Waals surface area (Å²) in [6.45, 7) is 5.06. The second-order valence-electron chi connectivity index (χ2n) is 8.55. The first-order valence-corrected chi connectivity index (χ1v) is 12.0. The molecule has 36 heavy (non-hydrogen) atoms. The lowest BCUT2D eigenvalue weighted by molar-refractivity contribution is -0.465. The predicted molar refractivity (Wildman–Crippen MR) is 139 cm³/mol. The molecule has 8 nitrogen and oxygen atoms in total. The molecule has 0 amide bonds. The van der Waals surface area contributed by atoms with E-state index in [0.29, 0.717) is 41.0 Å². The number of aromatic nitrogens is 3. The molecule has 0 aliphatic carbocycles. The SMILES string of the molecule is CCc1c(C)c(C#N)c2[nH]c3ccccc3[n+]2c1NN=Cc1cc2cc3c(cc2nc1Cl)OCCO3. The number of pyridine rings is 2. The van der Waals surface area contributed by atoms with Crippen LogP contribution >= 0.6 is 11.6 Å². The third kappa shape index (κ3) is 3.48. The second kappa shape index (κ2) is 8.70. The van der Waals surface area contributed by atoms with Crippen molar-refractivity contribution in [2.24, 2.45) is 5.10 Å². The maximum atomic E-state index is 9.90. The molecule has 1 aliphatic rings. The topological polar surface area (TPSA) is 99.4 Å². The normalized spacial score (nSPS) is 13.1. The number of aromatic amines is 1. The number of rotatable bonds is 4. The van der Waals surface area contributed by atoms with Gasteiger partial charge in [0.1, 0.15) is 41.0 Å². The Hall–Kier alpha value is -4.35. The van der Waals surface area contributed by atoms with Gasteiger partial charge in [0.25, 0.3) is 5.82 Å². The van der Waals surface area contributed by atoms with E-state index < -0.39 is 0 Å². The third-order valence-electron chi connectivity index (χ3n) is 6.49. The first kappa shape index (κ1) is 22.1. The van der Waals surface area contributed by atoms with Crippen LogP contribution in [0.15, 0.2) is 47.6 Å². The van der Waals surface area contributed by atoms with Crippen LogP contribution in [0.3, 0.4) is 0 Å². The Morgan fingerprint density at radius 3 is 2.78 bits per heavy atom. The molecule has 5 aromatic rings. The number of benzene rings is 2. The molecule has 0 atom stereocenters. The molecule has 0 unspecified atom stereocenters. The summed E-state index contributed by atoms with van der Waals surface area (Å²) in [4.78, 5) is 7.91. The Bertz CT molecular complexity index is 1750. The number of hydrogen-bond acceptors (Lipinski definition) is 6. The first-order chi connectivity index (χ1) is 17.6. The van der Waals surface area contributed by atoms with Crippen molar-refractivity contribution in [3.8, 4) is 17.6 Å². The van der Waals surface area contributed by atoms with E-state index in [1.807, 2.05) is 53.8 Å². The summed E-state index contributed by atoms with van der Waals surface area (Å²) in [6, 6.07) is 16.0. The van der Waals surface area contributed by atoms with E-state index in [1.54, 1.807) is 6.21 Å². The Labute approximate surface area is 211 Å². The van der Waals surface area contributed by atoms with Crippen LogP contribution in [-0.4, -0.2) is 29.4 Å². The zero-order valence-corrected chi connectivity index (χ0v) is 20.5. The number of hydrazone groups is 1. The molecule has 0 radical (unpaired) electrons. The summed E-state index contributed by atoms with van der Waals surface area (Å²) in [6.07, 6.45) is 2.38. The zero-order valence-electron chi connectivity index (χ0n) is 19.7. The average Bonchev–Trinajstić information content (AvgIpc) is 3.27. The first-order valence-electron chi connectivity index (χ1n) is 11.7. The summed E-state index contributed by atoms with van der Waals surface area (Å²) in [7, 11) is 0. The number of H-pyrrole nitrogens is 1. The van der Waals surface area contributed by atoms with Crippen LogP contribution in [-0.2, 0) is 6.42 Å². The van der Waals surface area contributed by atoms with Gasteiger partial charge in [0.15, 0.2) is 11.5 Å². The third-order valence-corrected chi connectivity index (χ3v) is 6.80. The maximum absolute atomic E-state index is 9.90. The standard InChI is InChI=1S/C27H21ClN6O2/c1-3-18-15(2)19(13-29)26-32-20-6-4-5-7-22(20)34(26)27(18)33-30-14-17-10-16-11-23-24(36-9-8-35-23)12-21(16)31-25(17)28/h4-7,10-12,14H,3,8-9H2,1-2H3,(H,32,33)/p+1. The lowest BCUT2D eigenvalue weighted by atomic mass is 10.0. The van der Waals surface area contributed by atoms with Gasteiger partial charge in [-0.1, -0.05) is 30.7 Å². The number of ether oxygens (including phenoxy) is 2. The number of nitriles is 1. The number of anilines is 1. The van der Waals surface area contributed by atoms with Gasteiger partial charge in [0, 0.05) is 22.6 Å². The largest absolute Gasteiger partial charge is 0.486 e. The summed E-state index contributed by atoms with van der Waals surface area (Å²) < 4.78 is 13.4. The van der Waals surface area contributed by atoms with Crippen molar-refractivity contribution in [1.29, 1.82) is 5.26 Å². The molecule has 0 fully saturated rings. The molecule has 1 aliphatic heterocycles. The zero-order chi connectivity index (χ0) is 24.8. The minimum atomic E-state index is 0.335. The van der Waals surface area contributed by atoms with Crippen LogP contribution < -0.4 is 19.3 Å². The van der Waals surface area contributed by atoms with Crippen LogP contribution in [0.4, 0.5) is 5.82 Å². The molecule has 0 saturated carbocycles. The monoisotopic (exact) mass is 497 g/mol.